The van der Waals surface area contributed by atoms with E-state index in [1.165, 1.54) is 17.0 Å². The number of aromatic nitrogens is 1. The van der Waals surface area contributed by atoms with Gasteiger partial charge in [-0.25, -0.2) is 4.39 Å². The van der Waals surface area contributed by atoms with E-state index in [4.69, 9.17) is 0 Å². The molecular weight excluding hydrogens is 375 g/mol. The van der Waals surface area contributed by atoms with Crippen LogP contribution in [0, 0.1) is 12.7 Å². The van der Waals surface area contributed by atoms with Gasteiger partial charge in [0.1, 0.15) is 10.7 Å². The third kappa shape index (κ3) is 4.28. The molecule has 0 unspecified atom stereocenters. The fourth-order valence-corrected chi connectivity index (χ4v) is 3.90. The minimum atomic E-state index is -0.315. The first kappa shape index (κ1) is 19.8. The third-order valence-electron chi connectivity index (χ3n) is 4.57. The van der Waals surface area contributed by atoms with Gasteiger partial charge in [-0.2, -0.15) is 0 Å². The van der Waals surface area contributed by atoms with Crippen LogP contribution in [0.5, 0.6) is 0 Å². The van der Waals surface area contributed by atoms with Crippen molar-refractivity contribution in [2.24, 2.45) is 0 Å². The van der Waals surface area contributed by atoms with Gasteiger partial charge in [0.2, 0.25) is 0 Å². The maximum atomic E-state index is 13.0. The molecule has 3 rings (SSSR count). The summed E-state index contributed by atoms with van der Waals surface area (Å²) in [5.41, 5.74) is 3.46. The molecule has 4 nitrogen and oxygen atoms in total. The number of amides is 1. The second kappa shape index (κ2) is 8.35. The van der Waals surface area contributed by atoms with E-state index in [2.05, 4.69) is 6.58 Å². The van der Waals surface area contributed by atoms with Crippen LogP contribution in [0.2, 0.25) is 0 Å². The van der Waals surface area contributed by atoms with E-state index in [0.29, 0.717) is 23.7 Å². The first-order valence-electron chi connectivity index (χ1n) is 8.80. The SMILES string of the molecule is C=Cc1ccc(Cn2c(C)c(C(=O)N(C)Cc3ccc(F)cc3)sc2=O)cc1. The molecule has 0 spiro atoms. The lowest BCUT2D eigenvalue weighted by atomic mass is 10.1. The van der Waals surface area contributed by atoms with E-state index >= 15 is 0 Å². The largest absolute Gasteiger partial charge is 0.337 e. The lowest BCUT2D eigenvalue weighted by molar-refractivity contribution is 0.0788. The van der Waals surface area contributed by atoms with Gasteiger partial charge in [-0.15, -0.1) is 0 Å². The van der Waals surface area contributed by atoms with Crippen molar-refractivity contribution in [2.75, 3.05) is 7.05 Å². The van der Waals surface area contributed by atoms with Crippen LogP contribution >= 0.6 is 11.3 Å². The standard InChI is InChI=1S/C22H21FN2O2S/c1-4-16-5-7-18(8-6-16)14-25-15(2)20(28-22(25)27)21(26)24(3)13-17-9-11-19(23)12-10-17/h4-12H,1,13-14H2,2-3H3. The van der Waals surface area contributed by atoms with Crippen LogP contribution in [-0.2, 0) is 13.1 Å². The molecule has 0 aliphatic carbocycles. The molecule has 0 N–H and O–H groups in total. The number of nitrogens with zero attached hydrogens (tertiary/aromatic N) is 2. The topological polar surface area (TPSA) is 42.3 Å². The molecular formula is C22H21FN2O2S. The zero-order valence-electron chi connectivity index (χ0n) is 15.8. The number of halogens is 1. The number of hydrogen-bond donors (Lipinski definition) is 0. The van der Waals surface area contributed by atoms with Gasteiger partial charge < -0.3 is 4.90 Å². The Kier molecular flexibility index (Phi) is 5.90. The Morgan fingerprint density at radius 3 is 2.36 bits per heavy atom. The lowest BCUT2D eigenvalue weighted by Gasteiger charge is -2.17. The first-order valence-corrected chi connectivity index (χ1v) is 9.62. The van der Waals surface area contributed by atoms with Gasteiger partial charge in [0.15, 0.2) is 0 Å². The van der Waals surface area contributed by atoms with E-state index in [-0.39, 0.29) is 16.6 Å². The Morgan fingerprint density at radius 1 is 1.14 bits per heavy atom. The van der Waals surface area contributed by atoms with E-state index in [0.717, 1.165) is 28.0 Å². The second-order valence-corrected chi connectivity index (χ2v) is 7.56. The molecule has 1 aromatic heterocycles. The summed E-state index contributed by atoms with van der Waals surface area (Å²) in [7, 11) is 1.67. The average Bonchev–Trinajstić information content (AvgIpc) is 2.98. The van der Waals surface area contributed by atoms with Gasteiger partial charge in [0, 0.05) is 19.3 Å². The van der Waals surface area contributed by atoms with E-state index in [1.54, 1.807) is 36.7 Å². The highest BCUT2D eigenvalue weighted by atomic mass is 32.1. The fraction of sp³-hybridized carbons (Fsp3) is 0.182. The highest BCUT2D eigenvalue weighted by Crippen LogP contribution is 2.17. The maximum absolute atomic E-state index is 13.0. The summed E-state index contributed by atoms with van der Waals surface area (Å²) in [6.45, 7) is 6.27. The van der Waals surface area contributed by atoms with Gasteiger partial charge in [0.05, 0.1) is 6.54 Å². The van der Waals surface area contributed by atoms with Crippen LogP contribution in [0.25, 0.3) is 6.08 Å². The van der Waals surface area contributed by atoms with Crippen molar-refractivity contribution in [3.8, 4) is 0 Å². The summed E-state index contributed by atoms with van der Waals surface area (Å²) in [5.74, 6) is -0.533. The lowest BCUT2D eigenvalue weighted by Crippen LogP contribution is -2.26. The van der Waals surface area contributed by atoms with Crippen molar-refractivity contribution in [1.29, 1.82) is 0 Å². The molecule has 1 heterocycles. The number of hydrogen-bond acceptors (Lipinski definition) is 3. The third-order valence-corrected chi connectivity index (χ3v) is 5.64. The van der Waals surface area contributed by atoms with Crippen molar-refractivity contribution in [1.82, 2.24) is 9.47 Å². The smallest absolute Gasteiger partial charge is 0.308 e. The molecule has 6 heteroatoms. The monoisotopic (exact) mass is 396 g/mol. The van der Waals surface area contributed by atoms with Gasteiger partial charge in [0.25, 0.3) is 5.91 Å². The maximum Gasteiger partial charge on any atom is 0.308 e. The van der Waals surface area contributed by atoms with Crippen LogP contribution in [0.1, 0.15) is 32.1 Å². The van der Waals surface area contributed by atoms with Gasteiger partial charge in [-0.3, -0.25) is 14.2 Å². The average molecular weight is 396 g/mol. The Balaban J connectivity index is 1.79. The summed E-state index contributed by atoms with van der Waals surface area (Å²) in [5, 5.41) is 0. The number of carbonyl (C=O) groups is 1. The normalized spacial score (nSPS) is 10.7. The first-order chi connectivity index (χ1) is 13.4. The van der Waals surface area contributed by atoms with Crippen LogP contribution in [0.4, 0.5) is 4.39 Å². The van der Waals surface area contributed by atoms with Crippen molar-refractivity contribution in [3.63, 3.8) is 0 Å². The number of carbonyl (C=O) groups excluding carboxylic acids is 1. The van der Waals surface area contributed by atoms with Crippen molar-refractivity contribution in [2.45, 2.75) is 20.0 Å². The minimum Gasteiger partial charge on any atom is -0.337 e. The summed E-state index contributed by atoms with van der Waals surface area (Å²) in [6, 6.07) is 13.8. The molecule has 144 valence electrons. The number of rotatable bonds is 6. The molecule has 0 bridgehead atoms. The van der Waals surface area contributed by atoms with E-state index < -0.39 is 0 Å². The zero-order valence-corrected chi connectivity index (χ0v) is 16.6. The molecule has 28 heavy (non-hydrogen) atoms. The Bertz CT molecular complexity index is 1050. The van der Waals surface area contributed by atoms with Crippen molar-refractivity contribution in [3.05, 3.63) is 97.9 Å². The number of thiazole rings is 1. The van der Waals surface area contributed by atoms with Crippen molar-refractivity contribution >= 4 is 23.3 Å². The Hall–Kier alpha value is -2.99. The molecule has 3 aromatic rings. The van der Waals surface area contributed by atoms with Gasteiger partial charge in [-0.1, -0.05) is 60.4 Å². The second-order valence-electron chi connectivity index (χ2n) is 6.60. The van der Waals surface area contributed by atoms with E-state index in [1.807, 2.05) is 24.3 Å². The van der Waals surface area contributed by atoms with Crippen LogP contribution < -0.4 is 4.87 Å². The molecule has 0 radical (unpaired) electrons. The summed E-state index contributed by atoms with van der Waals surface area (Å²) in [6.07, 6.45) is 1.76. The summed E-state index contributed by atoms with van der Waals surface area (Å²) >= 11 is 0.957. The molecule has 0 saturated heterocycles. The molecule has 0 fully saturated rings. The van der Waals surface area contributed by atoms with Gasteiger partial charge >= 0.3 is 4.87 Å². The quantitative estimate of drug-likeness (QED) is 0.623. The molecule has 0 saturated carbocycles. The molecule has 0 aliphatic heterocycles. The predicted molar refractivity (Wildman–Crippen MR) is 111 cm³/mol. The Morgan fingerprint density at radius 2 is 1.75 bits per heavy atom. The molecule has 2 aromatic carbocycles. The van der Waals surface area contributed by atoms with Crippen molar-refractivity contribution < 1.29 is 9.18 Å². The summed E-state index contributed by atoms with van der Waals surface area (Å²) in [4.78, 5) is 27.1. The van der Waals surface area contributed by atoms with Crippen LogP contribution in [0.3, 0.4) is 0 Å². The Labute approximate surface area is 167 Å². The highest BCUT2D eigenvalue weighted by Gasteiger charge is 2.21. The molecule has 0 aliphatic rings. The van der Waals surface area contributed by atoms with Crippen LogP contribution in [-0.4, -0.2) is 22.4 Å². The number of benzene rings is 2. The molecule has 1 amide bonds. The summed E-state index contributed by atoms with van der Waals surface area (Å²) < 4.78 is 14.7. The van der Waals surface area contributed by atoms with Gasteiger partial charge in [-0.05, 0) is 35.7 Å². The van der Waals surface area contributed by atoms with Crippen LogP contribution in [0.15, 0.2) is 59.9 Å². The highest BCUT2D eigenvalue weighted by molar-refractivity contribution is 7.11. The zero-order chi connectivity index (χ0) is 20.3. The van der Waals surface area contributed by atoms with E-state index in [9.17, 15) is 14.0 Å². The molecule has 0 atom stereocenters. The predicted octanol–water partition coefficient (Wildman–Crippen LogP) is 4.32. The minimum absolute atomic E-state index is 0.163. The fourth-order valence-electron chi connectivity index (χ4n) is 2.91.